The van der Waals surface area contributed by atoms with E-state index in [2.05, 4.69) is 5.32 Å². The van der Waals surface area contributed by atoms with Crippen LogP contribution in [0, 0.1) is 0 Å². The molecule has 0 aliphatic carbocycles. The zero-order valence-electron chi connectivity index (χ0n) is 8.49. The molecular weight excluding hydrogens is 281 g/mol. The van der Waals surface area contributed by atoms with Gasteiger partial charge >= 0.3 is 12.3 Å². The molecule has 1 nitrogen and oxygen atoms in total. The van der Waals surface area contributed by atoms with E-state index in [9.17, 15) is 17.6 Å². The van der Waals surface area contributed by atoms with Crippen LogP contribution < -0.4 is 5.32 Å². The molecule has 0 saturated heterocycles. The van der Waals surface area contributed by atoms with Crippen molar-refractivity contribution in [2.45, 2.75) is 18.9 Å². The van der Waals surface area contributed by atoms with E-state index in [1.807, 2.05) is 0 Å². The molecule has 0 aromatic heterocycles. The van der Waals surface area contributed by atoms with Gasteiger partial charge in [-0.25, -0.2) is 8.78 Å². The van der Waals surface area contributed by atoms with Gasteiger partial charge in [-0.2, -0.15) is 8.78 Å². The first-order chi connectivity index (χ1) is 7.83. The van der Waals surface area contributed by atoms with Crippen molar-refractivity contribution in [3.05, 3.63) is 33.8 Å². The second-order valence-electron chi connectivity index (χ2n) is 3.40. The van der Waals surface area contributed by atoms with Crippen molar-refractivity contribution in [3.63, 3.8) is 0 Å². The highest BCUT2D eigenvalue weighted by Gasteiger charge is 2.39. The Bertz CT molecular complexity index is 385. The second kappa shape index (κ2) is 5.89. The molecule has 0 bridgehead atoms. The molecule has 0 fully saturated rings. The van der Waals surface area contributed by atoms with Gasteiger partial charge in [-0.05, 0) is 23.8 Å². The summed E-state index contributed by atoms with van der Waals surface area (Å²) in [6, 6.07) is 4.53. The molecule has 0 radical (unpaired) electrons. The van der Waals surface area contributed by atoms with Crippen LogP contribution in [0.5, 0.6) is 0 Å². The summed E-state index contributed by atoms with van der Waals surface area (Å²) in [6.07, 6.45) is -3.69. The molecule has 0 saturated carbocycles. The zero-order chi connectivity index (χ0) is 13.1. The minimum atomic E-state index is -4.05. The van der Waals surface area contributed by atoms with E-state index in [1.54, 1.807) is 6.07 Å². The summed E-state index contributed by atoms with van der Waals surface area (Å²) in [5, 5.41) is 2.95. The quantitative estimate of drug-likeness (QED) is 0.809. The minimum absolute atomic E-state index is 0.0539. The van der Waals surface area contributed by atoms with E-state index in [-0.39, 0.29) is 6.54 Å². The molecule has 17 heavy (non-hydrogen) atoms. The fourth-order valence-corrected chi connectivity index (χ4v) is 1.50. The molecule has 1 rings (SSSR count). The first-order valence-corrected chi connectivity index (χ1v) is 5.39. The molecule has 0 heterocycles. The zero-order valence-corrected chi connectivity index (χ0v) is 10.0. The lowest BCUT2D eigenvalue weighted by Gasteiger charge is -2.16. The molecule has 0 unspecified atom stereocenters. The van der Waals surface area contributed by atoms with Gasteiger partial charge in [0.05, 0.1) is 6.54 Å². The summed E-state index contributed by atoms with van der Waals surface area (Å²) in [4.78, 5) is 0. The molecule has 0 aliphatic heterocycles. The standard InChI is InChI=1S/C10H9Cl2F4N/c11-7-1-2-8(12)6(3-7)4-17-5-10(15,16)9(13)14/h1-3,9,17H,4-5H2. The molecule has 1 aromatic carbocycles. The van der Waals surface area contributed by atoms with E-state index in [1.165, 1.54) is 12.1 Å². The van der Waals surface area contributed by atoms with Crippen LogP contribution in [0.1, 0.15) is 5.56 Å². The van der Waals surface area contributed by atoms with Crippen LogP contribution in [0.15, 0.2) is 18.2 Å². The van der Waals surface area contributed by atoms with Gasteiger partial charge in [-0.15, -0.1) is 0 Å². The highest BCUT2D eigenvalue weighted by atomic mass is 35.5. The van der Waals surface area contributed by atoms with E-state index in [0.717, 1.165) is 0 Å². The van der Waals surface area contributed by atoms with Crippen LogP contribution in [0.2, 0.25) is 10.0 Å². The number of benzene rings is 1. The number of hydrogen-bond donors (Lipinski definition) is 1. The summed E-state index contributed by atoms with van der Waals surface area (Å²) in [5.74, 6) is -4.05. The van der Waals surface area contributed by atoms with Gasteiger partial charge in [0, 0.05) is 16.6 Å². The van der Waals surface area contributed by atoms with Gasteiger partial charge in [0.2, 0.25) is 0 Å². The first kappa shape index (κ1) is 14.5. The van der Waals surface area contributed by atoms with E-state index < -0.39 is 18.9 Å². The van der Waals surface area contributed by atoms with Crippen LogP contribution in [0.3, 0.4) is 0 Å². The predicted molar refractivity (Wildman–Crippen MR) is 59.1 cm³/mol. The average molecular weight is 290 g/mol. The normalized spacial score (nSPS) is 12.2. The largest absolute Gasteiger partial charge is 0.319 e. The summed E-state index contributed by atoms with van der Waals surface area (Å²) >= 11 is 11.5. The monoisotopic (exact) mass is 289 g/mol. The number of hydrogen-bond acceptors (Lipinski definition) is 1. The molecule has 1 N–H and O–H groups in total. The maximum absolute atomic E-state index is 12.6. The van der Waals surface area contributed by atoms with Gasteiger partial charge < -0.3 is 5.32 Å². The lowest BCUT2D eigenvalue weighted by atomic mass is 10.2. The van der Waals surface area contributed by atoms with Gasteiger partial charge in [0.25, 0.3) is 0 Å². The molecule has 96 valence electrons. The predicted octanol–water partition coefficient (Wildman–Crippen LogP) is 3.98. The van der Waals surface area contributed by atoms with Crippen molar-refractivity contribution in [3.8, 4) is 0 Å². The van der Waals surface area contributed by atoms with Gasteiger partial charge in [-0.1, -0.05) is 23.2 Å². The third-order valence-corrected chi connectivity index (χ3v) is 2.61. The molecule has 1 aromatic rings. The molecule has 0 spiro atoms. The molecule has 0 aliphatic rings. The Morgan fingerprint density at radius 2 is 1.88 bits per heavy atom. The van der Waals surface area contributed by atoms with Crippen molar-refractivity contribution in [2.75, 3.05) is 6.54 Å². The highest BCUT2D eigenvalue weighted by molar-refractivity contribution is 6.33. The Morgan fingerprint density at radius 1 is 1.24 bits per heavy atom. The van der Waals surface area contributed by atoms with Crippen molar-refractivity contribution >= 4 is 23.2 Å². The fourth-order valence-electron chi connectivity index (χ4n) is 1.12. The fraction of sp³-hybridized carbons (Fsp3) is 0.400. The van der Waals surface area contributed by atoms with Crippen LogP contribution in [0.25, 0.3) is 0 Å². The number of halogens is 6. The van der Waals surface area contributed by atoms with Gasteiger partial charge in [0.1, 0.15) is 0 Å². The van der Waals surface area contributed by atoms with Crippen molar-refractivity contribution in [1.29, 1.82) is 0 Å². The third kappa shape index (κ3) is 4.33. The Morgan fingerprint density at radius 3 is 2.47 bits per heavy atom. The Labute approximate surface area is 106 Å². The van der Waals surface area contributed by atoms with E-state index >= 15 is 0 Å². The van der Waals surface area contributed by atoms with E-state index in [0.29, 0.717) is 15.6 Å². The summed E-state index contributed by atoms with van der Waals surface area (Å²) in [6.45, 7) is -1.17. The van der Waals surface area contributed by atoms with Crippen molar-refractivity contribution in [2.24, 2.45) is 0 Å². The Balaban J connectivity index is 2.54. The van der Waals surface area contributed by atoms with Crippen LogP contribution >= 0.6 is 23.2 Å². The minimum Gasteiger partial charge on any atom is -0.307 e. The van der Waals surface area contributed by atoms with Crippen molar-refractivity contribution in [1.82, 2.24) is 5.32 Å². The Hall–Kier alpha value is -0.520. The van der Waals surface area contributed by atoms with Gasteiger partial charge in [0.15, 0.2) is 0 Å². The maximum Gasteiger partial charge on any atom is 0.319 e. The number of rotatable bonds is 5. The number of nitrogens with one attached hydrogen (secondary N) is 1. The van der Waals surface area contributed by atoms with Crippen LogP contribution in [-0.2, 0) is 6.54 Å². The lowest BCUT2D eigenvalue weighted by Crippen LogP contribution is -2.38. The molecular formula is C10H9Cl2F4N. The summed E-state index contributed by atoms with van der Waals surface area (Å²) < 4.78 is 48.8. The second-order valence-corrected chi connectivity index (χ2v) is 4.24. The number of alkyl halides is 4. The Kier molecular flexibility index (Phi) is 5.04. The van der Waals surface area contributed by atoms with E-state index in [4.69, 9.17) is 23.2 Å². The van der Waals surface area contributed by atoms with Gasteiger partial charge in [-0.3, -0.25) is 0 Å². The highest BCUT2D eigenvalue weighted by Crippen LogP contribution is 2.23. The molecule has 0 atom stereocenters. The first-order valence-electron chi connectivity index (χ1n) is 4.63. The summed E-state index contributed by atoms with van der Waals surface area (Å²) in [7, 11) is 0. The van der Waals surface area contributed by atoms with Crippen LogP contribution in [0.4, 0.5) is 17.6 Å². The molecule has 7 heteroatoms. The average Bonchev–Trinajstić information content (AvgIpc) is 2.22. The molecule has 0 amide bonds. The third-order valence-electron chi connectivity index (χ3n) is 2.00. The maximum atomic E-state index is 12.6. The summed E-state index contributed by atoms with van der Waals surface area (Å²) in [5.41, 5.74) is 0.476. The smallest absolute Gasteiger partial charge is 0.307 e. The topological polar surface area (TPSA) is 12.0 Å². The van der Waals surface area contributed by atoms with Crippen LogP contribution in [-0.4, -0.2) is 18.9 Å². The lowest BCUT2D eigenvalue weighted by molar-refractivity contribution is -0.125. The van der Waals surface area contributed by atoms with Crippen molar-refractivity contribution < 1.29 is 17.6 Å². The SMILES string of the molecule is FC(F)C(F)(F)CNCc1cc(Cl)ccc1Cl.